The zero-order valence-electron chi connectivity index (χ0n) is 18.9. The maximum absolute atomic E-state index is 13.6. The van der Waals surface area contributed by atoms with Crippen LogP contribution in [0.1, 0.15) is 30.1 Å². The highest BCUT2D eigenvalue weighted by Crippen LogP contribution is 2.33. The number of piperidine rings is 1. The number of rotatable bonds is 6. The molecule has 1 aromatic heterocycles. The third kappa shape index (κ3) is 5.80. The number of amides is 1. The Bertz CT molecular complexity index is 1320. The van der Waals surface area contributed by atoms with Crippen molar-refractivity contribution in [3.63, 3.8) is 0 Å². The number of benzene rings is 2. The molecule has 1 aliphatic rings. The van der Waals surface area contributed by atoms with Gasteiger partial charge in [0.05, 0.1) is 16.6 Å². The van der Waals surface area contributed by atoms with Gasteiger partial charge in [-0.25, -0.2) is 8.42 Å². The topological polar surface area (TPSA) is 70.6 Å². The third-order valence-electron chi connectivity index (χ3n) is 6.18. The second-order valence-corrected chi connectivity index (χ2v) is 12.5. The van der Waals surface area contributed by atoms with E-state index in [1.54, 1.807) is 42.4 Å². The normalized spacial score (nSPS) is 16.1. The Morgan fingerprint density at radius 2 is 1.83 bits per heavy atom. The third-order valence-corrected chi connectivity index (χ3v) is 9.80. The van der Waals surface area contributed by atoms with Gasteiger partial charge in [-0.3, -0.25) is 9.78 Å². The van der Waals surface area contributed by atoms with Gasteiger partial charge in [0, 0.05) is 46.2 Å². The second kappa shape index (κ2) is 11.1. The lowest BCUT2D eigenvalue weighted by molar-refractivity contribution is -0.137. The first-order valence-corrected chi connectivity index (χ1v) is 14.5. The minimum absolute atomic E-state index is 0.0405. The highest BCUT2D eigenvalue weighted by molar-refractivity contribution is 9.11. The summed E-state index contributed by atoms with van der Waals surface area (Å²) in [6.45, 7) is 0.550. The molecule has 1 atom stereocenters. The first-order valence-electron chi connectivity index (χ1n) is 11.1. The SMILES string of the molecule is CN(C(=O)C1CCN(S(=O)(=O)c2cc(Br)ccc2Br)CC1)C(c1cccc(Cl)c1)c1ccccn1. The Balaban J connectivity index is 1.52. The number of hydrogen-bond acceptors (Lipinski definition) is 4. The number of nitrogens with zero attached hydrogens (tertiary/aromatic N) is 3. The van der Waals surface area contributed by atoms with Gasteiger partial charge in [0.15, 0.2) is 0 Å². The molecule has 1 amide bonds. The van der Waals surface area contributed by atoms with Crippen molar-refractivity contribution in [1.29, 1.82) is 0 Å². The number of carbonyl (C=O) groups is 1. The van der Waals surface area contributed by atoms with Crippen molar-refractivity contribution in [2.24, 2.45) is 5.92 Å². The molecule has 0 saturated carbocycles. The molecule has 184 valence electrons. The van der Waals surface area contributed by atoms with Crippen LogP contribution >= 0.6 is 43.5 Å². The van der Waals surface area contributed by atoms with Gasteiger partial charge in [-0.05, 0) is 76.8 Å². The minimum atomic E-state index is -3.68. The highest BCUT2D eigenvalue weighted by Gasteiger charge is 2.36. The summed E-state index contributed by atoms with van der Waals surface area (Å²) in [7, 11) is -1.92. The van der Waals surface area contributed by atoms with E-state index >= 15 is 0 Å². The molecular formula is C25H24Br2ClN3O3S. The number of halogens is 3. The van der Waals surface area contributed by atoms with E-state index in [4.69, 9.17) is 11.6 Å². The van der Waals surface area contributed by atoms with Crippen LogP contribution in [-0.2, 0) is 14.8 Å². The Hall–Kier alpha value is -1.78. The Kier molecular flexibility index (Phi) is 8.33. The Labute approximate surface area is 227 Å². The summed E-state index contributed by atoms with van der Waals surface area (Å²) in [6.07, 6.45) is 2.59. The number of aromatic nitrogens is 1. The molecule has 0 spiro atoms. The van der Waals surface area contributed by atoms with E-state index in [9.17, 15) is 13.2 Å². The van der Waals surface area contributed by atoms with E-state index in [1.165, 1.54) is 4.31 Å². The van der Waals surface area contributed by atoms with Gasteiger partial charge in [-0.2, -0.15) is 4.31 Å². The van der Waals surface area contributed by atoms with Crippen molar-refractivity contribution in [2.75, 3.05) is 20.1 Å². The number of hydrogen-bond donors (Lipinski definition) is 0. The molecule has 2 heterocycles. The van der Waals surface area contributed by atoms with Crippen molar-refractivity contribution in [1.82, 2.24) is 14.2 Å². The van der Waals surface area contributed by atoms with Crippen LogP contribution in [0.3, 0.4) is 0 Å². The lowest BCUT2D eigenvalue weighted by atomic mass is 9.94. The van der Waals surface area contributed by atoms with Gasteiger partial charge in [-0.1, -0.05) is 45.7 Å². The van der Waals surface area contributed by atoms with Crippen molar-refractivity contribution in [2.45, 2.75) is 23.8 Å². The van der Waals surface area contributed by atoms with Crippen molar-refractivity contribution in [3.05, 3.63) is 92.1 Å². The molecule has 1 saturated heterocycles. The first kappa shape index (κ1) is 26.3. The van der Waals surface area contributed by atoms with E-state index in [2.05, 4.69) is 36.8 Å². The smallest absolute Gasteiger partial charge is 0.244 e. The van der Waals surface area contributed by atoms with Crippen molar-refractivity contribution < 1.29 is 13.2 Å². The molecule has 0 aliphatic carbocycles. The number of carbonyl (C=O) groups excluding carboxylic acids is 1. The van der Waals surface area contributed by atoms with Crippen LogP contribution in [0.4, 0.5) is 0 Å². The molecule has 0 N–H and O–H groups in total. The molecule has 4 rings (SSSR count). The van der Waals surface area contributed by atoms with Crippen LogP contribution < -0.4 is 0 Å². The molecule has 3 aromatic rings. The predicted octanol–water partition coefficient (Wildman–Crippen LogP) is 5.91. The predicted molar refractivity (Wildman–Crippen MR) is 144 cm³/mol. The summed E-state index contributed by atoms with van der Waals surface area (Å²) in [4.78, 5) is 20.0. The molecule has 0 radical (unpaired) electrons. The van der Waals surface area contributed by atoms with Crippen LogP contribution in [0.15, 0.2) is 80.7 Å². The van der Waals surface area contributed by atoms with E-state index in [1.807, 2.05) is 36.4 Å². The summed E-state index contributed by atoms with van der Waals surface area (Å²) < 4.78 is 29.1. The first-order chi connectivity index (χ1) is 16.7. The number of sulfonamides is 1. The van der Waals surface area contributed by atoms with Gasteiger partial charge in [0.25, 0.3) is 0 Å². The lowest BCUT2D eigenvalue weighted by Gasteiger charge is -2.35. The van der Waals surface area contributed by atoms with Crippen molar-refractivity contribution >= 4 is 59.4 Å². The number of pyridine rings is 1. The van der Waals surface area contributed by atoms with Gasteiger partial charge in [-0.15, -0.1) is 0 Å². The average Bonchev–Trinajstić information content (AvgIpc) is 2.86. The molecule has 1 fully saturated rings. The van der Waals surface area contributed by atoms with Crippen LogP contribution in [0.2, 0.25) is 5.02 Å². The van der Waals surface area contributed by atoms with E-state index in [0.717, 1.165) is 11.3 Å². The molecule has 1 aliphatic heterocycles. The Morgan fingerprint density at radius 1 is 1.09 bits per heavy atom. The summed E-state index contributed by atoms with van der Waals surface area (Å²) in [5.41, 5.74) is 1.61. The van der Waals surface area contributed by atoms with Gasteiger partial charge >= 0.3 is 0 Å². The molecule has 0 bridgehead atoms. The summed E-state index contributed by atoms with van der Waals surface area (Å²) in [5, 5.41) is 0.585. The lowest BCUT2D eigenvalue weighted by Crippen LogP contribution is -2.44. The zero-order chi connectivity index (χ0) is 25.2. The van der Waals surface area contributed by atoms with Crippen LogP contribution in [0.25, 0.3) is 0 Å². The van der Waals surface area contributed by atoms with E-state index < -0.39 is 16.1 Å². The molecule has 1 unspecified atom stereocenters. The standard InChI is InChI=1S/C25H24Br2ClN3O3S/c1-30(24(22-7-2-3-12-29-22)18-5-4-6-20(28)15-18)25(32)17-10-13-31(14-11-17)35(33,34)23-16-19(26)8-9-21(23)27/h2-9,12,15-17,24H,10-11,13-14H2,1H3. The summed E-state index contributed by atoms with van der Waals surface area (Å²) in [6, 6.07) is 17.7. The minimum Gasteiger partial charge on any atom is -0.333 e. The van der Waals surface area contributed by atoms with E-state index in [0.29, 0.717) is 26.8 Å². The molecular weight excluding hydrogens is 618 g/mol. The molecule has 35 heavy (non-hydrogen) atoms. The second-order valence-electron chi connectivity index (χ2n) is 8.41. The van der Waals surface area contributed by atoms with Crippen molar-refractivity contribution in [3.8, 4) is 0 Å². The fourth-order valence-corrected chi connectivity index (χ4v) is 7.51. The molecule has 6 nitrogen and oxygen atoms in total. The van der Waals surface area contributed by atoms with Crippen LogP contribution in [0.5, 0.6) is 0 Å². The average molecular weight is 642 g/mol. The largest absolute Gasteiger partial charge is 0.333 e. The van der Waals surface area contributed by atoms with Gasteiger partial charge in [0.1, 0.15) is 0 Å². The monoisotopic (exact) mass is 639 g/mol. The maximum atomic E-state index is 13.6. The fourth-order valence-electron chi connectivity index (χ4n) is 4.38. The fraction of sp³-hybridized carbons (Fsp3) is 0.280. The molecule has 10 heteroatoms. The maximum Gasteiger partial charge on any atom is 0.244 e. The summed E-state index contributed by atoms with van der Waals surface area (Å²) >= 11 is 12.9. The van der Waals surface area contributed by atoms with Gasteiger partial charge < -0.3 is 4.90 Å². The van der Waals surface area contributed by atoms with Crippen LogP contribution in [0, 0.1) is 5.92 Å². The summed E-state index contributed by atoms with van der Waals surface area (Å²) in [5.74, 6) is -0.330. The zero-order valence-corrected chi connectivity index (χ0v) is 23.7. The van der Waals surface area contributed by atoms with Gasteiger partial charge in [0.2, 0.25) is 15.9 Å². The Morgan fingerprint density at radius 3 is 2.49 bits per heavy atom. The quantitative estimate of drug-likeness (QED) is 0.336. The van der Waals surface area contributed by atoms with E-state index in [-0.39, 0.29) is 29.8 Å². The highest BCUT2D eigenvalue weighted by atomic mass is 79.9. The van der Waals surface area contributed by atoms with Crippen LogP contribution in [-0.4, -0.2) is 48.7 Å². The molecule has 2 aromatic carbocycles.